The van der Waals surface area contributed by atoms with Crippen molar-refractivity contribution in [1.82, 2.24) is 4.90 Å². The molecule has 0 saturated carbocycles. The molecule has 0 aliphatic carbocycles. The van der Waals surface area contributed by atoms with Crippen LogP contribution < -0.4 is 4.72 Å². The second-order valence-corrected chi connectivity index (χ2v) is 7.73. The smallest absolute Gasteiger partial charge is 0.262 e. The number of carbonyl (C=O) groups is 1. The average molecular weight is 346 g/mol. The molecule has 0 atom stereocenters. The molecule has 2 aromatic carbocycles. The van der Waals surface area contributed by atoms with Gasteiger partial charge in [0.25, 0.3) is 15.9 Å². The van der Waals surface area contributed by atoms with E-state index in [0.29, 0.717) is 27.3 Å². The lowest BCUT2D eigenvalue weighted by Gasteiger charge is -2.14. The van der Waals surface area contributed by atoms with Crippen LogP contribution in [0.5, 0.6) is 0 Å². The van der Waals surface area contributed by atoms with E-state index in [1.54, 1.807) is 52.2 Å². The third-order valence-electron chi connectivity index (χ3n) is 3.66. The van der Waals surface area contributed by atoms with Crippen LogP contribution in [0.1, 0.15) is 27.0 Å². The van der Waals surface area contributed by atoms with Crippen LogP contribution in [0.3, 0.4) is 0 Å². The predicted molar refractivity (Wildman–Crippen MR) is 95.9 cm³/mol. The Morgan fingerprint density at radius 2 is 1.46 bits per heavy atom. The number of amides is 1. The van der Waals surface area contributed by atoms with Crippen molar-refractivity contribution in [3.63, 3.8) is 0 Å². The van der Waals surface area contributed by atoms with Crippen molar-refractivity contribution in [2.75, 3.05) is 18.8 Å². The van der Waals surface area contributed by atoms with Crippen molar-refractivity contribution in [1.29, 1.82) is 0 Å². The molecule has 0 heterocycles. The Hall–Kier alpha value is -2.34. The Morgan fingerprint density at radius 1 is 0.958 bits per heavy atom. The number of nitrogens with one attached hydrogen (secondary N) is 1. The summed E-state index contributed by atoms with van der Waals surface area (Å²) in [6.07, 6.45) is 0. The molecule has 0 bridgehead atoms. The van der Waals surface area contributed by atoms with Gasteiger partial charge in [0.05, 0.1) is 4.90 Å². The second-order valence-electron chi connectivity index (χ2n) is 6.11. The van der Waals surface area contributed by atoms with Gasteiger partial charge in [0.1, 0.15) is 0 Å². The SMILES string of the molecule is Cc1cc(C)c(S(=O)(=O)Nc2ccc(C(=O)N(C)C)cc2)c(C)c1. The average Bonchev–Trinajstić information content (AvgIpc) is 2.45. The molecule has 0 aliphatic heterocycles. The first-order chi connectivity index (χ1) is 11.1. The van der Waals surface area contributed by atoms with Crippen LogP contribution in [0.2, 0.25) is 0 Å². The first-order valence-corrected chi connectivity index (χ1v) is 9.02. The van der Waals surface area contributed by atoms with Gasteiger partial charge in [0.2, 0.25) is 0 Å². The summed E-state index contributed by atoms with van der Waals surface area (Å²) in [5.74, 6) is -0.130. The highest BCUT2D eigenvalue weighted by Crippen LogP contribution is 2.24. The van der Waals surface area contributed by atoms with Gasteiger partial charge in [0.15, 0.2) is 0 Å². The number of anilines is 1. The Balaban J connectivity index is 2.32. The normalized spacial score (nSPS) is 11.2. The lowest BCUT2D eigenvalue weighted by Crippen LogP contribution is -2.21. The van der Waals surface area contributed by atoms with Gasteiger partial charge in [-0.1, -0.05) is 17.7 Å². The fourth-order valence-corrected chi connectivity index (χ4v) is 4.25. The fraction of sp³-hybridized carbons (Fsp3) is 0.278. The standard InChI is InChI=1S/C18H22N2O3S/c1-12-10-13(2)17(14(3)11-12)24(22,23)19-16-8-6-15(7-9-16)18(21)20(4)5/h6-11,19H,1-5H3. The molecule has 1 N–H and O–H groups in total. The molecule has 0 saturated heterocycles. The van der Waals surface area contributed by atoms with Crippen molar-refractivity contribution in [3.05, 3.63) is 58.7 Å². The van der Waals surface area contributed by atoms with Gasteiger partial charge in [-0.2, -0.15) is 0 Å². The first kappa shape index (κ1) is 18.0. The Morgan fingerprint density at radius 3 is 1.92 bits per heavy atom. The molecule has 6 heteroatoms. The summed E-state index contributed by atoms with van der Waals surface area (Å²) in [4.78, 5) is 13.6. The molecule has 0 aliphatic rings. The highest BCUT2D eigenvalue weighted by atomic mass is 32.2. The van der Waals surface area contributed by atoms with E-state index in [2.05, 4.69) is 4.72 Å². The fourth-order valence-electron chi connectivity index (χ4n) is 2.74. The minimum absolute atomic E-state index is 0.130. The quantitative estimate of drug-likeness (QED) is 0.925. The zero-order chi connectivity index (χ0) is 18.1. The van der Waals surface area contributed by atoms with Crippen molar-refractivity contribution >= 4 is 21.6 Å². The molecule has 0 radical (unpaired) electrons. The maximum Gasteiger partial charge on any atom is 0.262 e. The molecule has 0 spiro atoms. The topological polar surface area (TPSA) is 66.5 Å². The van der Waals surface area contributed by atoms with Crippen molar-refractivity contribution in [2.24, 2.45) is 0 Å². The van der Waals surface area contributed by atoms with E-state index < -0.39 is 10.0 Å². The lowest BCUT2D eigenvalue weighted by atomic mass is 10.1. The zero-order valence-corrected chi connectivity index (χ0v) is 15.4. The number of aryl methyl sites for hydroxylation is 3. The highest BCUT2D eigenvalue weighted by molar-refractivity contribution is 7.92. The number of rotatable bonds is 4. The molecule has 2 aromatic rings. The number of nitrogens with zero attached hydrogens (tertiary/aromatic N) is 1. The maximum atomic E-state index is 12.7. The number of carbonyl (C=O) groups excluding carboxylic acids is 1. The van der Waals surface area contributed by atoms with Crippen molar-refractivity contribution in [2.45, 2.75) is 25.7 Å². The van der Waals surface area contributed by atoms with Crippen LogP contribution in [-0.4, -0.2) is 33.3 Å². The summed E-state index contributed by atoms with van der Waals surface area (Å²) < 4.78 is 28.0. The molecule has 5 nitrogen and oxygen atoms in total. The zero-order valence-electron chi connectivity index (χ0n) is 14.5. The van der Waals surface area contributed by atoms with Crippen LogP contribution in [0.15, 0.2) is 41.3 Å². The van der Waals surface area contributed by atoms with Gasteiger partial charge in [-0.15, -0.1) is 0 Å². The Bertz CT molecular complexity index is 847. The van der Waals surface area contributed by atoms with E-state index in [1.165, 1.54) is 4.90 Å². The number of sulfonamides is 1. The summed E-state index contributed by atoms with van der Waals surface area (Å²) >= 11 is 0. The second kappa shape index (κ2) is 6.65. The maximum absolute atomic E-state index is 12.7. The molecule has 2 rings (SSSR count). The van der Waals surface area contributed by atoms with Crippen LogP contribution in [0.4, 0.5) is 5.69 Å². The molecule has 0 aromatic heterocycles. The molecule has 24 heavy (non-hydrogen) atoms. The Labute approximate surface area is 143 Å². The number of hydrogen-bond donors (Lipinski definition) is 1. The molecule has 0 fully saturated rings. The Kier molecular flexibility index (Phi) is 4.99. The van der Waals surface area contributed by atoms with Crippen LogP contribution >= 0.6 is 0 Å². The van der Waals surface area contributed by atoms with E-state index in [1.807, 2.05) is 19.1 Å². The molecule has 1 amide bonds. The van der Waals surface area contributed by atoms with Gasteiger partial charge >= 0.3 is 0 Å². The van der Waals surface area contributed by atoms with E-state index in [4.69, 9.17) is 0 Å². The van der Waals surface area contributed by atoms with Crippen LogP contribution in [0.25, 0.3) is 0 Å². The van der Waals surface area contributed by atoms with E-state index in [0.717, 1.165) is 5.56 Å². The van der Waals surface area contributed by atoms with Gasteiger partial charge in [-0.25, -0.2) is 8.42 Å². The van der Waals surface area contributed by atoms with Gasteiger partial charge in [-0.05, 0) is 56.2 Å². The van der Waals surface area contributed by atoms with E-state index in [-0.39, 0.29) is 5.91 Å². The number of hydrogen-bond acceptors (Lipinski definition) is 3. The summed E-state index contributed by atoms with van der Waals surface area (Å²) in [7, 11) is -0.349. The van der Waals surface area contributed by atoms with Crippen LogP contribution in [-0.2, 0) is 10.0 Å². The third kappa shape index (κ3) is 3.76. The van der Waals surface area contributed by atoms with Gasteiger partial charge in [0, 0.05) is 25.3 Å². The molecular weight excluding hydrogens is 324 g/mol. The minimum atomic E-state index is -3.69. The predicted octanol–water partition coefficient (Wildman–Crippen LogP) is 3.11. The highest BCUT2D eigenvalue weighted by Gasteiger charge is 2.20. The summed E-state index contributed by atoms with van der Waals surface area (Å²) in [6, 6.07) is 10.1. The summed E-state index contributed by atoms with van der Waals surface area (Å²) in [5.41, 5.74) is 3.37. The molecular formula is C18H22N2O3S. The monoisotopic (exact) mass is 346 g/mol. The summed E-state index contributed by atoms with van der Waals surface area (Å²) in [5, 5.41) is 0. The third-order valence-corrected chi connectivity index (χ3v) is 5.35. The van der Waals surface area contributed by atoms with Gasteiger partial charge < -0.3 is 4.90 Å². The van der Waals surface area contributed by atoms with Gasteiger partial charge in [-0.3, -0.25) is 9.52 Å². The van der Waals surface area contributed by atoms with Crippen LogP contribution in [0, 0.1) is 20.8 Å². The van der Waals surface area contributed by atoms with Crippen molar-refractivity contribution in [3.8, 4) is 0 Å². The van der Waals surface area contributed by atoms with E-state index in [9.17, 15) is 13.2 Å². The van der Waals surface area contributed by atoms with E-state index >= 15 is 0 Å². The molecule has 0 unspecified atom stereocenters. The molecule has 128 valence electrons. The minimum Gasteiger partial charge on any atom is -0.345 e. The van der Waals surface area contributed by atoms with Crippen molar-refractivity contribution < 1.29 is 13.2 Å². The first-order valence-electron chi connectivity index (χ1n) is 7.54. The largest absolute Gasteiger partial charge is 0.345 e. The lowest BCUT2D eigenvalue weighted by molar-refractivity contribution is 0.0827. The number of benzene rings is 2. The summed E-state index contributed by atoms with van der Waals surface area (Å²) in [6.45, 7) is 5.51.